The number of carbonyl (C=O) groups is 1. The lowest BCUT2D eigenvalue weighted by Crippen LogP contribution is -2.20. The molecule has 0 saturated heterocycles. The summed E-state index contributed by atoms with van der Waals surface area (Å²) in [6.07, 6.45) is 4.33. The van der Waals surface area contributed by atoms with Crippen LogP contribution in [0.4, 0.5) is 0 Å². The molecule has 21 heavy (non-hydrogen) atoms. The van der Waals surface area contributed by atoms with Crippen molar-refractivity contribution in [2.45, 2.75) is 0 Å². The maximum Gasteiger partial charge on any atom is 0.211 e. The van der Waals surface area contributed by atoms with E-state index in [2.05, 4.69) is 5.10 Å². The molecule has 1 aromatic carbocycles. The Bertz CT molecular complexity index is 731. The van der Waals surface area contributed by atoms with Gasteiger partial charge in [0.05, 0.1) is 5.69 Å². The molecule has 2 aromatic rings. The van der Waals surface area contributed by atoms with E-state index >= 15 is 0 Å². The van der Waals surface area contributed by atoms with E-state index < -0.39 is 11.2 Å². The molecule has 1 aromatic heterocycles. The van der Waals surface area contributed by atoms with Crippen LogP contribution in [0.5, 0.6) is 5.75 Å². The Labute approximate surface area is 121 Å². The van der Waals surface area contributed by atoms with Crippen molar-refractivity contribution in [3.8, 4) is 11.4 Å². The number of benzene rings is 1. The molecule has 0 unspecified atom stereocenters. The molecule has 0 aliphatic carbocycles. The molecule has 0 bridgehead atoms. The summed E-state index contributed by atoms with van der Waals surface area (Å²) in [4.78, 5) is 25.4. The van der Waals surface area contributed by atoms with Gasteiger partial charge in [-0.05, 0) is 24.3 Å². The van der Waals surface area contributed by atoms with E-state index in [0.717, 1.165) is 0 Å². The lowest BCUT2D eigenvalue weighted by molar-refractivity contribution is 0.103. The highest BCUT2D eigenvalue weighted by atomic mass is 16.3. The molecule has 1 N–H and O–H groups in total. The number of phenolic OH excluding ortho intramolecular Hbond substituents is 1. The van der Waals surface area contributed by atoms with Gasteiger partial charge in [-0.25, -0.2) is 4.68 Å². The second-order valence-corrected chi connectivity index (χ2v) is 4.63. The maximum absolute atomic E-state index is 12.0. The third-order valence-corrected chi connectivity index (χ3v) is 2.68. The first-order valence-corrected chi connectivity index (χ1v) is 6.26. The number of carbonyl (C=O) groups excluding carboxylic acids is 1. The fourth-order valence-electron chi connectivity index (χ4n) is 1.62. The minimum atomic E-state index is -0.457. The Kier molecular flexibility index (Phi) is 4.18. The number of phenols is 1. The van der Waals surface area contributed by atoms with Crippen molar-refractivity contribution >= 4 is 5.78 Å². The molecule has 0 radical (unpaired) electrons. The minimum Gasteiger partial charge on any atom is -0.508 e. The van der Waals surface area contributed by atoms with Gasteiger partial charge < -0.3 is 10.0 Å². The van der Waals surface area contributed by atoms with Crippen LogP contribution in [0.1, 0.15) is 10.5 Å². The Hall–Kier alpha value is -2.89. The van der Waals surface area contributed by atoms with Crippen molar-refractivity contribution in [3.05, 3.63) is 64.7 Å². The van der Waals surface area contributed by atoms with Gasteiger partial charge in [0.2, 0.25) is 11.2 Å². The number of hydrogen-bond acceptors (Lipinski definition) is 5. The van der Waals surface area contributed by atoms with Crippen LogP contribution in [0.15, 0.2) is 53.6 Å². The molecule has 0 atom stereocenters. The van der Waals surface area contributed by atoms with Crippen LogP contribution in [0.25, 0.3) is 5.69 Å². The topological polar surface area (TPSA) is 75.4 Å². The normalized spacial score (nSPS) is 10.8. The number of ketones is 1. The highest BCUT2D eigenvalue weighted by Gasteiger charge is 2.10. The average Bonchev–Trinajstić information content (AvgIpc) is 2.46. The summed E-state index contributed by atoms with van der Waals surface area (Å²) in [6, 6.07) is 7.56. The zero-order valence-corrected chi connectivity index (χ0v) is 11.7. The third kappa shape index (κ3) is 3.56. The van der Waals surface area contributed by atoms with Gasteiger partial charge >= 0.3 is 0 Å². The summed E-state index contributed by atoms with van der Waals surface area (Å²) in [5.41, 5.74) is 0.0561. The van der Waals surface area contributed by atoms with E-state index in [1.165, 1.54) is 35.2 Å². The SMILES string of the molecule is CN(C)/C=C/C(=O)c1nn(-c2ccc(O)cc2)ccc1=O. The quantitative estimate of drug-likeness (QED) is 0.674. The molecule has 0 aliphatic rings. The summed E-state index contributed by atoms with van der Waals surface area (Å²) < 4.78 is 1.41. The first-order chi connectivity index (χ1) is 9.97. The lowest BCUT2D eigenvalue weighted by atomic mass is 10.2. The standard InChI is InChI=1S/C15H15N3O3/c1-17(2)9-7-13(20)15-14(21)8-10-18(16-15)11-3-5-12(19)6-4-11/h3-10,19H,1-2H3/b9-7+. The van der Waals surface area contributed by atoms with Crippen LogP contribution >= 0.6 is 0 Å². The van der Waals surface area contributed by atoms with E-state index in [4.69, 9.17) is 0 Å². The monoisotopic (exact) mass is 285 g/mol. The predicted molar refractivity (Wildman–Crippen MR) is 78.7 cm³/mol. The molecule has 0 fully saturated rings. The zero-order valence-electron chi connectivity index (χ0n) is 11.7. The summed E-state index contributed by atoms with van der Waals surface area (Å²) in [6.45, 7) is 0. The van der Waals surface area contributed by atoms with Gasteiger partial charge in [-0.3, -0.25) is 9.59 Å². The number of nitrogens with zero attached hydrogens (tertiary/aromatic N) is 3. The predicted octanol–water partition coefficient (Wildman–Crippen LogP) is 1.20. The lowest BCUT2D eigenvalue weighted by Gasteiger charge is -2.06. The van der Waals surface area contributed by atoms with E-state index in [-0.39, 0.29) is 11.4 Å². The second-order valence-electron chi connectivity index (χ2n) is 4.63. The number of aromatic hydroxyl groups is 1. The van der Waals surface area contributed by atoms with Crippen molar-refractivity contribution in [1.82, 2.24) is 14.7 Å². The fourth-order valence-corrected chi connectivity index (χ4v) is 1.62. The Morgan fingerprint density at radius 2 is 1.90 bits per heavy atom. The maximum atomic E-state index is 12.0. The molecule has 0 amide bonds. The minimum absolute atomic E-state index is 0.130. The number of allylic oxidation sites excluding steroid dienone is 1. The molecule has 0 aliphatic heterocycles. The van der Waals surface area contributed by atoms with Crippen LogP contribution in [0.3, 0.4) is 0 Å². The van der Waals surface area contributed by atoms with E-state index in [9.17, 15) is 14.7 Å². The molecule has 2 rings (SSSR count). The van der Waals surface area contributed by atoms with Gasteiger partial charge in [0, 0.05) is 38.6 Å². The van der Waals surface area contributed by atoms with E-state index in [1.54, 1.807) is 37.3 Å². The average molecular weight is 285 g/mol. The molecule has 108 valence electrons. The summed E-state index contributed by atoms with van der Waals surface area (Å²) in [5, 5.41) is 13.3. The van der Waals surface area contributed by atoms with Crippen molar-refractivity contribution in [3.63, 3.8) is 0 Å². The van der Waals surface area contributed by atoms with E-state index in [1.807, 2.05) is 0 Å². The fraction of sp³-hybridized carbons (Fsp3) is 0.133. The number of aromatic nitrogens is 2. The zero-order chi connectivity index (χ0) is 15.4. The van der Waals surface area contributed by atoms with Crippen LogP contribution in [0, 0.1) is 0 Å². The van der Waals surface area contributed by atoms with E-state index in [0.29, 0.717) is 5.69 Å². The van der Waals surface area contributed by atoms with Crippen LogP contribution < -0.4 is 5.43 Å². The van der Waals surface area contributed by atoms with Gasteiger partial charge in [-0.15, -0.1) is 0 Å². The van der Waals surface area contributed by atoms with Crippen molar-refractivity contribution in [2.24, 2.45) is 0 Å². The van der Waals surface area contributed by atoms with Gasteiger partial charge in [0.25, 0.3) is 0 Å². The number of hydrogen-bond donors (Lipinski definition) is 1. The summed E-state index contributed by atoms with van der Waals surface area (Å²) in [7, 11) is 3.55. The second kappa shape index (κ2) is 6.04. The van der Waals surface area contributed by atoms with Gasteiger partial charge in [-0.1, -0.05) is 0 Å². The van der Waals surface area contributed by atoms with Gasteiger partial charge in [0.15, 0.2) is 5.69 Å². The Morgan fingerprint density at radius 3 is 2.52 bits per heavy atom. The van der Waals surface area contributed by atoms with Crippen LogP contribution in [-0.2, 0) is 0 Å². The molecule has 6 nitrogen and oxygen atoms in total. The molecule has 6 heteroatoms. The highest BCUT2D eigenvalue weighted by molar-refractivity contribution is 6.02. The molecule has 1 heterocycles. The van der Waals surface area contributed by atoms with Crippen LogP contribution in [0.2, 0.25) is 0 Å². The molecular formula is C15H15N3O3. The largest absolute Gasteiger partial charge is 0.508 e. The first-order valence-electron chi connectivity index (χ1n) is 6.26. The van der Waals surface area contributed by atoms with Gasteiger partial charge in [-0.2, -0.15) is 5.10 Å². The molecule has 0 saturated carbocycles. The van der Waals surface area contributed by atoms with Crippen molar-refractivity contribution in [1.29, 1.82) is 0 Å². The van der Waals surface area contributed by atoms with Crippen LogP contribution in [-0.4, -0.2) is 39.7 Å². The highest BCUT2D eigenvalue weighted by Crippen LogP contribution is 2.12. The van der Waals surface area contributed by atoms with Crippen molar-refractivity contribution in [2.75, 3.05) is 14.1 Å². The number of rotatable bonds is 4. The Morgan fingerprint density at radius 1 is 1.24 bits per heavy atom. The van der Waals surface area contributed by atoms with Gasteiger partial charge in [0.1, 0.15) is 5.75 Å². The smallest absolute Gasteiger partial charge is 0.211 e. The summed E-state index contributed by atoms with van der Waals surface area (Å²) in [5.74, 6) is -0.327. The first kappa shape index (κ1) is 14.5. The van der Waals surface area contributed by atoms with Crippen molar-refractivity contribution < 1.29 is 9.90 Å². The third-order valence-electron chi connectivity index (χ3n) is 2.68. The molecular weight excluding hydrogens is 270 g/mol. The Balaban J connectivity index is 2.40. The molecule has 0 spiro atoms. The summed E-state index contributed by atoms with van der Waals surface area (Å²) >= 11 is 0.